The van der Waals surface area contributed by atoms with Gasteiger partial charge in [-0.2, -0.15) is 0 Å². The largest absolute Gasteiger partial charge is 0.481 e. The quantitative estimate of drug-likeness (QED) is 0.390. The van der Waals surface area contributed by atoms with Gasteiger partial charge in [-0.1, -0.05) is 55.5 Å². The molecule has 0 amide bonds. The SMILES string of the molecule is CC/C=C\C/C=C\C[C@@H]1[C@H](/C=C/[C@H](O)C/C=C\CCC(=O)O)[C@H](O)C[C@@H]1O. The van der Waals surface area contributed by atoms with E-state index in [1.54, 1.807) is 18.2 Å². The van der Waals surface area contributed by atoms with Gasteiger partial charge >= 0.3 is 5.97 Å². The Labute approximate surface area is 162 Å². The number of hydrogen-bond donors (Lipinski definition) is 4. The fourth-order valence-electron chi connectivity index (χ4n) is 3.29. The first-order valence-corrected chi connectivity index (χ1v) is 9.85. The topological polar surface area (TPSA) is 98.0 Å². The molecule has 0 bridgehead atoms. The van der Waals surface area contributed by atoms with Crippen LogP contribution in [0.1, 0.15) is 51.9 Å². The van der Waals surface area contributed by atoms with Gasteiger partial charge in [-0.25, -0.2) is 0 Å². The highest BCUT2D eigenvalue weighted by Crippen LogP contribution is 2.36. The Morgan fingerprint density at radius 2 is 1.81 bits per heavy atom. The van der Waals surface area contributed by atoms with Crippen molar-refractivity contribution in [2.45, 2.75) is 70.2 Å². The van der Waals surface area contributed by atoms with Gasteiger partial charge in [0.15, 0.2) is 0 Å². The molecule has 5 atom stereocenters. The second-order valence-corrected chi connectivity index (χ2v) is 7.03. The second kappa shape index (κ2) is 13.5. The normalized spacial score (nSPS) is 27.6. The number of allylic oxidation sites excluding steroid dienone is 5. The molecule has 27 heavy (non-hydrogen) atoms. The number of carboxylic acids is 1. The Kier molecular flexibility index (Phi) is 11.7. The summed E-state index contributed by atoms with van der Waals surface area (Å²) in [5.41, 5.74) is 0. The van der Waals surface area contributed by atoms with Gasteiger partial charge in [0.25, 0.3) is 0 Å². The minimum absolute atomic E-state index is 0.0547. The Morgan fingerprint density at radius 1 is 1.07 bits per heavy atom. The standard InChI is InChI=1S/C22H34O5/c1-2-3-4-5-6-9-12-18-19(21(25)16-20(18)24)15-14-17(23)11-8-7-10-13-22(26)27/h3-4,6-9,14-15,17-21,23-25H,2,5,10-13,16H2,1H3,(H,26,27)/b4-3-,8-7-,9-6-,15-14+/t17-,18-,19+,20+,21-/m1/s1. The van der Waals surface area contributed by atoms with Crippen molar-refractivity contribution in [3.63, 3.8) is 0 Å². The van der Waals surface area contributed by atoms with E-state index in [9.17, 15) is 20.1 Å². The smallest absolute Gasteiger partial charge is 0.303 e. The van der Waals surface area contributed by atoms with Crippen LogP contribution in [-0.2, 0) is 4.79 Å². The predicted octanol–water partition coefficient (Wildman–Crippen LogP) is 3.38. The summed E-state index contributed by atoms with van der Waals surface area (Å²) < 4.78 is 0. The van der Waals surface area contributed by atoms with E-state index in [4.69, 9.17) is 5.11 Å². The van der Waals surface area contributed by atoms with Gasteiger partial charge in [0.05, 0.1) is 18.3 Å². The van der Waals surface area contributed by atoms with Crippen molar-refractivity contribution >= 4 is 5.97 Å². The zero-order valence-corrected chi connectivity index (χ0v) is 16.2. The highest BCUT2D eigenvalue weighted by atomic mass is 16.4. The van der Waals surface area contributed by atoms with Gasteiger partial charge in [-0.3, -0.25) is 4.79 Å². The molecule has 1 fully saturated rings. The van der Waals surface area contributed by atoms with E-state index >= 15 is 0 Å². The van der Waals surface area contributed by atoms with Crippen LogP contribution in [0.25, 0.3) is 0 Å². The molecule has 0 unspecified atom stereocenters. The lowest BCUT2D eigenvalue weighted by atomic mass is 9.89. The van der Waals surface area contributed by atoms with Crippen molar-refractivity contribution in [2.24, 2.45) is 11.8 Å². The fourth-order valence-corrected chi connectivity index (χ4v) is 3.29. The van der Waals surface area contributed by atoms with Crippen molar-refractivity contribution in [3.8, 4) is 0 Å². The van der Waals surface area contributed by atoms with Crippen molar-refractivity contribution in [1.29, 1.82) is 0 Å². The molecule has 1 aliphatic carbocycles. The average Bonchev–Trinajstić information content (AvgIpc) is 2.88. The van der Waals surface area contributed by atoms with Crippen LogP contribution in [0.3, 0.4) is 0 Å². The van der Waals surface area contributed by atoms with Gasteiger partial charge in [-0.05, 0) is 38.0 Å². The molecule has 1 aliphatic rings. The van der Waals surface area contributed by atoms with E-state index in [0.29, 0.717) is 25.7 Å². The maximum absolute atomic E-state index is 10.4. The maximum atomic E-state index is 10.4. The van der Waals surface area contributed by atoms with Crippen LogP contribution in [0, 0.1) is 11.8 Å². The summed E-state index contributed by atoms with van der Waals surface area (Å²) in [5, 5.41) is 39.0. The molecular formula is C22H34O5. The summed E-state index contributed by atoms with van der Waals surface area (Å²) in [5.74, 6) is -1.07. The molecular weight excluding hydrogens is 344 g/mol. The number of aliphatic hydroxyl groups excluding tert-OH is 3. The molecule has 0 aliphatic heterocycles. The number of carbonyl (C=O) groups is 1. The number of aliphatic carboxylic acids is 1. The molecule has 152 valence electrons. The summed E-state index contributed by atoms with van der Waals surface area (Å²) >= 11 is 0. The molecule has 0 aromatic carbocycles. The molecule has 4 N–H and O–H groups in total. The maximum Gasteiger partial charge on any atom is 0.303 e. The summed E-state index contributed by atoms with van der Waals surface area (Å²) in [7, 11) is 0. The van der Waals surface area contributed by atoms with E-state index < -0.39 is 24.3 Å². The van der Waals surface area contributed by atoms with E-state index in [1.165, 1.54) is 0 Å². The average molecular weight is 379 g/mol. The zero-order valence-electron chi connectivity index (χ0n) is 16.2. The van der Waals surface area contributed by atoms with Crippen molar-refractivity contribution in [3.05, 3.63) is 48.6 Å². The van der Waals surface area contributed by atoms with Crippen LogP contribution in [0.15, 0.2) is 48.6 Å². The number of hydrogen-bond acceptors (Lipinski definition) is 4. The molecule has 0 heterocycles. The molecule has 0 radical (unpaired) electrons. The first-order valence-electron chi connectivity index (χ1n) is 9.85. The fraction of sp³-hybridized carbons (Fsp3) is 0.591. The first kappa shape index (κ1) is 23.3. The summed E-state index contributed by atoms with van der Waals surface area (Å²) in [4.78, 5) is 10.4. The Balaban J connectivity index is 2.49. The van der Waals surface area contributed by atoms with Gasteiger partial charge in [0, 0.05) is 18.8 Å². The van der Waals surface area contributed by atoms with Crippen LogP contribution in [0.5, 0.6) is 0 Å². The number of aliphatic hydroxyl groups is 3. The lowest BCUT2D eigenvalue weighted by Gasteiger charge is -2.19. The van der Waals surface area contributed by atoms with Crippen molar-refractivity contribution in [1.82, 2.24) is 0 Å². The molecule has 1 rings (SSSR count). The van der Waals surface area contributed by atoms with Gasteiger partial charge in [-0.15, -0.1) is 0 Å². The first-order chi connectivity index (χ1) is 13.0. The molecule has 0 saturated heterocycles. The summed E-state index contributed by atoms with van der Waals surface area (Å²) in [6, 6.07) is 0. The molecule has 5 nitrogen and oxygen atoms in total. The van der Waals surface area contributed by atoms with E-state index in [-0.39, 0.29) is 18.3 Å². The van der Waals surface area contributed by atoms with Crippen molar-refractivity contribution < 1.29 is 25.2 Å². The van der Waals surface area contributed by atoms with Crippen LogP contribution in [0.4, 0.5) is 0 Å². The predicted molar refractivity (Wildman–Crippen MR) is 107 cm³/mol. The van der Waals surface area contributed by atoms with E-state index in [1.807, 2.05) is 12.2 Å². The summed E-state index contributed by atoms with van der Waals surface area (Å²) in [6.07, 6.45) is 17.4. The molecule has 5 heteroatoms. The number of rotatable bonds is 12. The Bertz CT molecular complexity index is 535. The van der Waals surface area contributed by atoms with Crippen LogP contribution in [-0.4, -0.2) is 44.7 Å². The second-order valence-electron chi connectivity index (χ2n) is 7.03. The molecule has 0 aromatic heterocycles. The monoisotopic (exact) mass is 378 g/mol. The van der Waals surface area contributed by atoms with Crippen LogP contribution < -0.4 is 0 Å². The van der Waals surface area contributed by atoms with Gasteiger partial charge < -0.3 is 20.4 Å². The third-order valence-electron chi connectivity index (χ3n) is 4.79. The molecule has 1 saturated carbocycles. The highest BCUT2D eigenvalue weighted by Gasteiger charge is 2.39. The highest BCUT2D eigenvalue weighted by molar-refractivity contribution is 5.66. The molecule has 0 spiro atoms. The lowest BCUT2D eigenvalue weighted by Crippen LogP contribution is -2.20. The van der Waals surface area contributed by atoms with E-state index in [2.05, 4.69) is 25.2 Å². The molecule has 0 aromatic rings. The summed E-state index contributed by atoms with van der Waals surface area (Å²) in [6.45, 7) is 2.09. The van der Waals surface area contributed by atoms with Crippen LogP contribution >= 0.6 is 0 Å². The van der Waals surface area contributed by atoms with Gasteiger partial charge in [0.2, 0.25) is 0 Å². The minimum Gasteiger partial charge on any atom is -0.481 e. The number of carboxylic acid groups (broad SMARTS) is 1. The zero-order chi connectivity index (χ0) is 20.1. The Morgan fingerprint density at radius 3 is 2.52 bits per heavy atom. The van der Waals surface area contributed by atoms with Gasteiger partial charge in [0.1, 0.15) is 0 Å². The third kappa shape index (κ3) is 9.70. The van der Waals surface area contributed by atoms with Crippen LogP contribution in [0.2, 0.25) is 0 Å². The van der Waals surface area contributed by atoms with E-state index in [0.717, 1.165) is 12.8 Å². The van der Waals surface area contributed by atoms with Crippen molar-refractivity contribution in [2.75, 3.05) is 0 Å². The Hall–Kier alpha value is -1.69. The minimum atomic E-state index is -0.838. The third-order valence-corrected chi connectivity index (χ3v) is 4.79. The lowest BCUT2D eigenvalue weighted by molar-refractivity contribution is -0.136.